The van der Waals surface area contributed by atoms with Gasteiger partial charge in [0.15, 0.2) is 0 Å². The Hall–Kier alpha value is -3.75. The Bertz CT molecular complexity index is 1390. The van der Waals surface area contributed by atoms with E-state index in [0.717, 1.165) is 16.7 Å². The molecular formula is C27H28N4O3S. The minimum absolute atomic E-state index is 0.0511. The van der Waals surface area contributed by atoms with E-state index in [1.165, 1.54) is 12.1 Å². The highest BCUT2D eigenvalue weighted by Crippen LogP contribution is 2.19. The molecule has 4 rings (SSSR count). The number of benzene rings is 3. The van der Waals surface area contributed by atoms with Gasteiger partial charge in [-0.25, -0.2) is 13.1 Å². The fourth-order valence-corrected chi connectivity index (χ4v) is 5.10. The van der Waals surface area contributed by atoms with Crippen LogP contribution < -0.4 is 4.72 Å². The monoisotopic (exact) mass is 488 g/mol. The summed E-state index contributed by atoms with van der Waals surface area (Å²) in [6.07, 6.45) is 3.65. The van der Waals surface area contributed by atoms with Crippen molar-refractivity contribution in [2.24, 2.45) is 0 Å². The van der Waals surface area contributed by atoms with Crippen LogP contribution in [0.15, 0.2) is 102 Å². The second-order valence-corrected chi connectivity index (χ2v) is 10.2. The molecule has 1 aromatic heterocycles. The third kappa shape index (κ3) is 6.23. The lowest BCUT2D eigenvalue weighted by molar-refractivity contribution is 0.0785. The maximum Gasteiger partial charge on any atom is 0.253 e. The van der Waals surface area contributed by atoms with E-state index in [1.807, 2.05) is 71.5 Å². The predicted molar refractivity (Wildman–Crippen MR) is 135 cm³/mol. The van der Waals surface area contributed by atoms with E-state index in [-0.39, 0.29) is 10.8 Å². The number of sulfonamides is 1. The first-order chi connectivity index (χ1) is 16.8. The molecule has 35 heavy (non-hydrogen) atoms. The van der Waals surface area contributed by atoms with E-state index >= 15 is 0 Å². The van der Waals surface area contributed by atoms with Gasteiger partial charge < -0.3 is 4.90 Å². The number of amides is 1. The average Bonchev–Trinajstić information content (AvgIpc) is 3.31. The van der Waals surface area contributed by atoms with Gasteiger partial charge in [-0.3, -0.25) is 9.48 Å². The third-order valence-corrected chi connectivity index (χ3v) is 7.20. The second-order valence-electron chi connectivity index (χ2n) is 8.47. The standard InChI is InChI=1S/C27H28N4O3S/c1-21(24-12-7-4-8-13-24)29-35(33,34)26-15-9-14-25(16-26)27(32)30(2)18-23-17-28-31(20-23)19-22-10-5-3-6-11-22/h3-17,20-21,29H,18-19H2,1-2H3/t21-/m1/s1. The van der Waals surface area contributed by atoms with E-state index in [4.69, 9.17) is 0 Å². The van der Waals surface area contributed by atoms with Gasteiger partial charge in [0.05, 0.1) is 17.6 Å². The van der Waals surface area contributed by atoms with Gasteiger partial charge >= 0.3 is 0 Å². The van der Waals surface area contributed by atoms with Gasteiger partial charge in [0.1, 0.15) is 0 Å². The van der Waals surface area contributed by atoms with Gasteiger partial charge in [-0.1, -0.05) is 66.7 Å². The van der Waals surface area contributed by atoms with E-state index in [9.17, 15) is 13.2 Å². The number of aromatic nitrogens is 2. The van der Waals surface area contributed by atoms with Crippen molar-refractivity contribution in [2.45, 2.75) is 31.0 Å². The second kappa shape index (κ2) is 10.7. The number of hydrogen-bond donors (Lipinski definition) is 1. The van der Waals surface area contributed by atoms with Crippen LogP contribution in [-0.4, -0.2) is 36.1 Å². The third-order valence-electron chi connectivity index (χ3n) is 5.66. The summed E-state index contributed by atoms with van der Waals surface area (Å²) in [6.45, 7) is 2.79. The number of nitrogens with one attached hydrogen (secondary N) is 1. The van der Waals surface area contributed by atoms with E-state index in [1.54, 1.807) is 37.2 Å². The largest absolute Gasteiger partial charge is 0.337 e. The van der Waals surface area contributed by atoms with Gasteiger partial charge in [-0.15, -0.1) is 0 Å². The quantitative estimate of drug-likeness (QED) is 0.382. The zero-order valence-corrected chi connectivity index (χ0v) is 20.5. The maximum absolute atomic E-state index is 13.1. The molecule has 0 aliphatic rings. The molecule has 180 valence electrons. The van der Waals surface area contributed by atoms with Crippen LogP contribution in [0.3, 0.4) is 0 Å². The zero-order chi connectivity index (χ0) is 24.8. The summed E-state index contributed by atoms with van der Waals surface area (Å²) in [6, 6.07) is 25.0. The van der Waals surface area contributed by atoms with Crippen molar-refractivity contribution < 1.29 is 13.2 Å². The fourth-order valence-electron chi connectivity index (χ4n) is 3.82. The first kappa shape index (κ1) is 24.4. The van der Waals surface area contributed by atoms with Gasteiger partial charge in [0.2, 0.25) is 10.0 Å². The lowest BCUT2D eigenvalue weighted by Crippen LogP contribution is -2.28. The van der Waals surface area contributed by atoms with Crippen LogP contribution in [0.4, 0.5) is 0 Å². The molecule has 7 nitrogen and oxygen atoms in total. The van der Waals surface area contributed by atoms with E-state index < -0.39 is 16.1 Å². The summed E-state index contributed by atoms with van der Waals surface area (Å²) < 4.78 is 30.4. The molecule has 3 aromatic carbocycles. The smallest absolute Gasteiger partial charge is 0.253 e. The minimum Gasteiger partial charge on any atom is -0.337 e. The number of nitrogens with zero attached hydrogens (tertiary/aromatic N) is 3. The zero-order valence-electron chi connectivity index (χ0n) is 19.7. The van der Waals surface area contributed by atoms with Crippen molar-refractivity contribution >= 4 is 15.9 Å². The lowest BCUT2D eigenvalue weighted by Gasteiger charge is -2.18. The average molecular weight is 489 g/mol. The molecule has 0 radical (unpaired) electrons. The van der Waals surface area contributed by atoms with Gasteiger partial charge in [0, 0.05) is 37.0 Å². The Morgan fingerprint density at radius 2 is 1.66 bits per heavy atom. The van der Waals surface area contributed by atoms with Crippen LogP contribution in [-0.2, 0) is 23.1 Å². The van der Waals surface area contributed by atoms with Crippen molar-refractivity contribution in [3.05, 3.63) is 120 Å². The number of carbonyl (C=O) groups excluding carboxylic acids is 1. The molecule has 0 saturated carbocycles. The van der Waals surface area contributed by atoms with Crippen molar-refractivity contribution in [2.75, 3.05) is 7.05 Å². The van der Waals surface area contributed by atoms with Crippen LogP contribution >= 0.6 is 0 Å². The Balaban J connectivity index is 1.42. The molecule has 1 atom stereocenters. The molecule has 8 heteroatoms. The van der Waals surface area contributed by atoms with E-state index in [0.29, 0.717) is 18.7 Å². The molecule has 0 saturated heterocycles. The van der Waals surface area contributed by atoms with Gasteiger partial charge in [0.25, 0.3) is 5.91 Å². The normalized spacial score (nSPS) is 12.3. The molecule has 4 aromatic rings. The number of hydrogen-bond acceptors (Lipinski definition) is 4. The molecular weight excluding hydrogens is 460 g/mol. The molecule has 0 unspecified atom stereocenters. The fraction of sp³-hybridized carbons (Fsp3) is 0.185. The molecule has 1 N–H and O–H groups in total. The molecule has 0 bridgehead atoms. The summed E-state index contributed by atoms with van der Waals surface area (Å²) in [7, 11) is -2.12. The molecule has 1 amide bonds. The highest BCUT2D eigenvalue weighted by molar-refractivity contribution is 7.89. The molecule has 0 spiro atoms. The van der Waals surface area contributed by atoms with Crippen LogP contribution in [0.2, 0.25) is 0 Å². The predicted octanol–water partition coefficient (Wildman–Crippen LogP) is 4.24. The van der Waals surface area contributed by atoms with Crippen LogP contribution in [0.1, 0.15) is 40.0 Å². The van der Waals surface area contributed by atoms with Crippen molar-refractivity contribution in [1.82, 2.24) is 19.4 Å². The van der Waals surface area contributed by atoms with Crippen LogP contribution in [0.25, 0.3) is 0 Å². The highest BCUT2D eigenvalue weighted by Gasteiger charge is 2.21. The highest BCUT2D eigenvalue weighted by atomic mass is 32.2. The van der Waals surface area contributed by atoms with Crippen LogP contribution in [0, 0.1) is 0 Å². The number of rotatable bonds is 9. The summed E-state index contributed by atoms with van der Waals surface area (Å²) >= 11 is 0. The number of carbonyl (C=O) groups is 1. The minimum atomic E-state index is -3.81. The Labute approximate surface area is 206 Å². The van der Waals surface area contributed by atoms with Gasteiger partial charge in [-0.05, 0) is 36.2 Å². The van der Waals surface area contributed by atoms with Crippen molar-refractivity contribution in [3.8, 4) is 0 Å². The van der Waals surface area contributed by atoms with Crippen molar-refractivity contribution in [3.63, 3.8) is 0 Å². The molecule has 0 aliphatic heterocycles. The maximum atomic E-state index is 13.1. The van der Waals surface area contributed by atoms with Crippen LogP contribution in [0.5, 0.6) is 0 Å². The lowest BCUT2D eigenvalue weighted by atomic mass is 10.1. The first-order valence-electron chi connectivity index (χ1n) is 11.3. The summed E-state index contributed by atoms with van der Waals surface area (Å²) in [4.78, 5) is 14.7. The van der Waals surface area contributed by atoms with Crippen molar-refractivity contribution in [1.29, 1.82) is 0 Å². The summed E-state index contributed by atoms with van der Waals surface area (Å²) in [5.41, 5.74) is 3.19. The Morgan fingerprint density at radius 1 is 0.971 bits per heavy atom. The molecule has 0 aliphatic carbocycles. The topological polar surface area (TPSA) is 84.3 Å². The summed E-state index contributed by atoms with van der Waals surface area (Å²) in [5, 5.41) is 4.39. The molecule has 0 fully saturated rings. The van der Waals surface area contributed by atoms with E-state index in [2.05, 4.69) is 9.82 Å². The van der Waals surface area contributed by atoms with Gasteiger partial charge in [-0.2, -0.15) is 5.10 Å². The Morgan fingerprint density at radius 3 is 2.37 bits per heavy atom. The Kier molecular flexibility index (Phi) is 7.43. The first-order valence-corrected chi connectivity index (χ1v) is 12.8. The summed E-state index contributed by atoms with van der Waals surface area (Å²) in [5.74, 6) is -0.269. The SMILES string of the molecule is C[C@@H](NS(=O)(=O)c1cccc(C(=O)N(C)Cc2cnn(Cc3ccccc3)c2)c1)c1ccccc1. The molecule has 1 heterocycles.